The highest BCUT2D eigenvalue weighted by Gasteiger charge is 2.23. The van der Waals surface area contributed by atoms with E-state index in [0.717, 1.165) is 0 Å². The number of rotatable bonds is 3. The van der Waals surface area contributed by atoms with E-state index in [0.29, 0.717) is 11.5 Å². The van der Waals surface area contributed by atoms with Gasteiger partial charge in [-0.2, -0.15) is 0 Å². The van der Waals surface area contributed by atoms with Crippen LogP contribution in [0, 0.1) is 10.1 Å². The molecule has 2 aromatic rings. The second-order valence-electron chi connectivity index (χ2n) is 4.87. The van der Waals surface area contributed by atoms with Crippen LogP contribution in [0.25, 0.3) is 11.3 Å². The molecule has 0 N–H and O–H groups in total. The van der Waals surface area contributed by atoms with Gasteiger partial charge in [-0.05, 0) is 24.3 Å². The molecular weight excluding hydrogens is 278 g/mol. The monoisotopic (exact) mass is 289 g/mol. The minimum absolute atomic E-state index is 0.136. The summed E-state index contributed by atoms with van der Waals surface area (Å²) in [6, 6.07) is 7.75. The number of nitro groups is 1. The molecule has 0 bridgehead atoms. The normalized spacial score (nSPS) is 14.8. The van der Waals surface area contributed by atoms with E-state index in [1.807, 2.05) is 24.3 Å². The van der Waals surface area contributed by atoms with Crippen molar-refractivity contribution in [2.24, 2.45) is 0 Å². The quantitative estimate of drug-likeness (QED) is 0.487. The van der Waals surface area contributed by atoms with Crippen molar-refractivity contribution in [3.63, 3.8) is 0 Å². The van der Waals surface area contributed by atoms with E-state index in [9.17, 15) is 10.1 Å². The van der Waals surface area contributed by atoms with E-state index in [1.165, 1.54) is 31.2 Å². The van der Waals surface area contributed by atoms with Crippen molar-refractivity contribution in [1.82, 2.24) is 9.97 Å². The highest BCUT2D eigenvalue weighted by molar-refractivity contribution is 6.31. The zero-order chi connectivity index (χ0) is 14.1. The molecule has 0 radical (unpaired) electrons. The fraction of sp³-hybridized carbons (Fsp3) is 0.286. The summed E-state index contributed by atoms with van der Waals surface area (Å²) in [6.45, 7) is 0. The molecule has 1 heterocycles. The number of hydrogen-bond acceptors (Lipinski definition) is 4. The zero-order valence-electron chi connectivity index (χ0n) is 10.6. The highest BCUT2D eigenvalue weighted by Crippen LogP contribution is 2.38. The zero-order valence-corrected chi connectivity index (χ0v) is 11.4. The van der Waals surface area contributed by atoms with Gasteiger partial charge in [0.05, 0.1) is 4.92 Å². The summed E-state index contributed by atoms with van der Waals surface area (Å²) in [5, 5.41) is 11.0. The van der Waals surface area contributed by atoms with Crippen molar-refractivity contribution in [1.29, 1.82) is 0 Å². The SMILES string of the molecule is O=[N+]([O-])c1c(Cl)ncnc1-c1ccc(C2CCC2)cc1. The molecule has 5 nitrogen and oxygen atoms in total. The summed E-state index contributed by atoms with van der Waals surface area (Å²) in [4.78, 5) is 18.2. The van der Waals surface area contributed by atoms with E-state index >= 15 is 0 Å². The Morgan fingerprint density at radius 2 is 1.90 bits per heavy atom. The minimum Gasteiger partial charge on any atom is -0.258 e. The summed E-state index contributed by atoms with van der Waals surface area (Å²) in [7, 11) is 0. The summed E-state index contributed by atoms with van der Waals surface area (Å²) in [5.41, 5.74) is 1.98. The third kappa shape index (κ3) is 2.25. The van der Waals surface area contributed by atoms with Crippen LogP contribution in [-0.4, -0.2) is 14.9 Å². The molecule has 3 rings (SSSR count). The third-order valence-corrected chi connectivity index (χ3v) is 4.00. The molecule has 0 unspecified atom stereocenters. The van der Waals surface area contributed by atoms with Crippen molar-refractivity contribution in [3.05, 3.63) is 51.4 Å². The fourth-order valence-electron chi connectivity index (χ4n) is 2.39. The van der Waals surface area contributed by atoms with Crippen molar-refractivity contribution >= 4 is 17.3 Å². The van der Waals surface area contributed by atoms with E-state index in [4.69, 9.17) is 11.6 Å². The lowest BCUT2D eigenvalue weighted by atomic mass is 9.80. The Hall–Kier alpha value is -2.01. The number of benzene rings is 1. The molecule has 1 aliphatic rings. The van der Waals surface area contributed by atoms with Crippen LogP contribution in [0.5, 0.6) is 0 Å². The molecule has 102 valence electrons. The Kier molecular flexibility index (Phi) is 3.36. The lowest BCUT2D eigenvalue weighted by Gasteiger charge is -2.25. The van der Waals surface area contributed by atoms with E-state index in [-0.39, 0.29) is 16.5 Å². The maximum atomic E-state index is 11.1. The van der Waals surface area contributed by atoms with Gasteiger partial charge in [0.1, 0.15) is 6.33 Å². The van der Waals surface area contributed by atoms with Crippen LogP contribution in [0.4, 0.5) is 5.69 Å². The van der Waals surface area contributed by atoms with E-state index in [2.05, 4.69) is 9.97 Å². The Balaban J connectivity index is 2.00. The van der Waals surface area contributed by atoms with Gasteiger partial charge < -0.3 is 0 Å². The average molecular weight is 290 g/mol. The van der Waals surface area contributed by atoms with Gasteiger partial charge in [-0.1, -0.05) is 42.3 Å². The Labute approximate surface area is 120 Å². The van der Waals surface area contributed by atoms with Gasteiger partial charge in [0.15, 0.2) is 5.69 Å². The second-order valence-corrected chi connectivity index (χ2v) is 5.23. The van der Waals surface area contributed by atoms with Gasteiger partial charge in [-0.25, -0.2) is 9.97 Å². The third-order valence-electron chi connectivity index (χ3n) is 3.72. The van der Waals surface area contributed by atoms with E-state index < -0.39 is 4.92 Å². The summed E-state index contributed by atoms with van der Waals surface area (Å²) in [6.07, 6.45) is 4.96. The van der Waals surface area contributed by atoms with Crippen LogP contribution >= 0.6 is 11.6 Å². The first-order chi connectivity index (χ1) is 9.66. The van der Waals surface area contributed by atoms with Crippen molar-refractivity contribution in [3.8, 4) is 11.3 Å². The Bertz CT molecular complexity index is 654. The predicted octanol–water partition coefficient (Wildman–Crippen LogP) is 3.97. The van der Waals surface area contributed by atoms with Crippen LogP contribution in [0.15, 0.2) is 30.6 Å². The molecule has 1 aromatic heterocycles. The molecule has 0 atom stereocenters. The maximum Gasteiger partial charge on any atom is 0.332 e. The lowest BCUT2D eigenvalue weighted by molar-refractivity contribution is -0.384. The van der Waals surface area contributed by atoms with Crippen LogP contribution in [0.2, 0.25) is 5.15 Å². The molecular formula is C14H12ClN3O2. The molecule has 6 heteroatoms. The van der Waals surface area contributed by atoms with Gasteiger partial charge in [0, 0.05) is 5.56 Å². The summed E-state index contributed by atoms with van der Waals surface area (Å²) < 4.78 is 0. The Morgan fingerprint density at radius 3 is 2.45 bits per heavy atom. The Morgan fingerprint density at radius 1 is 1.20 bits per heavy atom. The van der Waals surface area contributed by atoms with Crippen molar-refractivity contribution < 1.29 is 4.92 Å². The van der Waals surface area contributed by atoms with Crippen LogP contribution in [0.1, 0.15) is 30.7 Å². The second kappa shape index (κ2) is 5.17. The van der Waals surface area contributed by atoms with Gasteiger partial charge >= 0.3 is 5.69 Å². The molecule has 1 saturated carbocycles. The molecule has 0 saturated heterocycles. The average Bonchev–Trinajstić information content (AvgIpc) is 2.37. The minimum atomic E-state index is -0.544. The molecule has 0 spiro atoms. The van der Waals surface area contributed by atoms with Crippen LogP contribution < -0.4 is 0 Å². The standard InChI is InChI=1S/C14H12ClN3O2/c15-14-13(18(19)20)12(16-8-17-14)11-6-4-10(5-7-11)9-2-1-3-9/h4-9H,1-3H2. The van der Waals surface area contributed by atoms with Crippen molar-refractivity contribution in [2.75, 3.05) is 0 Å². The maximum absolute atomic E-state index is 11.1. The smallest absolute Gasteiger partial charge is 0.258 e. The number of halogens is 1. The molecule has 20 heavy (non-hydrogen) atoms. The number of nitrogens with zero attached hydrogens (tertiary/aromatic N) is 3. The van der Waals surface area contributed by atoms with Gasteiger partial charge in [-0.15, -0.1) is 0 Å². The number of hydrogen-bond donors (Lipinski definition) is 0. The first kappa shape index (κ1) is 13.0. The molecule has 1 aliphatic carbocycles. The van der Waals surface area contributed by atoms with Crippen LogP contribution in [-0.2, 0) is 0 Å². The highest BCUT2D eigenvalue weighted by atomic mass is 35.5. The van der Waals surface area contributed by atoms with Crippen LogP contribution in [0.3, 0.4) is 0 Å². The predicted molar refractivity (Wildman–Crippen MR) is 75.7 cm³/mol. The molecule has 1 fully saturated rings. The lowest BCUT2D eigenvalue weighted by Crippen LogP contribution is -2.08. The summed E-state index contributed by atoms with van der Waals surface area (Å²) in [5.74, 6) is 0.632. The first-order valence-corrected chi connectivity index (χ1v) is 6.80. The number of aromatic nitrogens is 2. The first-order valence-electron chi connectivity index (χ1n) is 6.42. The topological polar surface area (TPSA) is 68.9 Å². The van der Waals surface area contributed by atoms with E-state index in [1.54, 1.807) is 0 Å². The molecule has 1 aromatic carbocycles. The van der Waals surface area contributed by atoms with Crippen molar-refractivity contribution in [2.45, 2.75) is 25.2 Å². The van der Waals surface area contributed by atoms with Gasteiger partial charge in [-0.3, -0.25) is 10.1 Å². The fourth-order valence-corrected chi connectivity index (χ4v) is 2.59. The van der Waals surface area contributed by atoms with Gasteiger partial charge in [0.25, 0.3) is 0 Å². The largest absolute Gasteiger partial charge is 0.332 e. The van der Waals surface area contributed by atoms with Gasteiger partial charge in [0.2, 0.25) is 5.15 Å². The molecule has 0 amide bonds. The summed E-state index contributed by atoms with van der Waals surface area (Å²) >= 11 is 5.79. The molecule has 0 aliphatic heterocycles.